The fourth-order valence-corrected chi connectivity index (χ4v) is 3.13. The van der Waals surface area contributed by atoms with E-state index >= 15 is 0 Å². The molecule has 0 bridgehead atoms. The average Bonchev–Trinajstić information content (AvgIpc) is 3.34. The van der Waals surface area contributed by atoms with Crippen LogP contribution in [0.3, 0.4) is 0 Å². The third kappa shape index (κ3) is 4.32. The van der Waals surface area contributed by atoms with Crippen molar-refractivity contribution in [3.05, 3.63) is 76.5 Å². The highest BCUT2D eigenvalue weighted by Gasteiger charge is 2.30. The molecule has 0 spiro atoms. The molecule has 0 aliphatic carbocycles. The van der Waals surface area contributed by atoms with Crippen LogP contribution in [-0.4, -0.2) is 24.0 Å². The minimum absolute atomic E-state index is 0.0688. The number of aryl methyl sites for hydroxylation is 1. The van der Waals surface area contributed by atoms with Crippen molar-refractivity contribution in [2.45, 2.75) is 19.8 Å². The van der Waals surface area contributed by atoms with Gasteiger partial charge in [0.25, 0.3) is 5.88 Å². The van der Waals surface area contributed by atoms with Crippen LogP contribution in [0.1, 0.15) is 33.7 Å². The topological polar surface area (TPSA) is 87.9 Å². The Hall–Kier alpha value is -3.94. The molecule has 0 atom stereocenters. The highest BCUT2D eigenvalue weighted by atomic mass is 19.1. The molecule has 0 saturated carbocycles. The zero-order valence-corrected chi connectivity index (χ0v) is 16.8. The van der Waals surface area contributed by atoms with Crippen LogP contribution in [0, 0.1) is 12.7 Å². The second-order valence-corrected chi connectivity index (χ2v) is 6.87. The number of ketones is 1. The number of hydrogen-bond donors (Lipinski definition) is 0. The fraction of sp³-hybridized carbons (Fsp3) is 0.174. The van der Waals surface area contributed by atoms with E-state index in [1.54, 1.807) is 37.3 Å². The van der Waals surface area contributed by atoms with Gasteiger partial charge in [-0.2, -0.15) is 0 Å². The summed E-state index contributed by atoms with van der Waals surface area (Å²) in [5.41, 5.74) is 1.38. The number of fused-ring (bicyclic) bond motifs is 1. The summed E-state index contributed by atoms with van der Waals surface area (Å²) < 4.78 is 34.6. The van der Waals surface area contributed by atoms with Gasteiger partial charge in [-0.15, -0.1) is 0 Å². The highest BCUT2D eigenvalue weighted by molar-refractivity contribution is 6.15. The van der Waals surface area contributed by atoms with Crippen LogP contribution in [-0.2, 0) is 11.2 Å². The first-order valence-corrected chi connectivity index (χ1v) is 9.48. The summed E-state index contributed by atoms with van der Waals surface area (Å²) in [6, 6.07) is 10.5. The second-order valence-electron chi connectivity index (χ2n) is 6.87. The lowest BCUT2D eigenvalue weighted by Gasteiger charge is -2.09. The Labute approximate surface area is 177 Å². The summed E-state index contributed by atoms with van der Waals surface area (Å²) in [4.78, 5) is 24.9. The SMILES string of the molecule is COc1cc(CCC(=O)Oc2ccc3c(c2C)O/C(=C\c2cccc(F)c2)C3=O)on1. The lowest BCUT2D eigenvalue weighted by atomic mass is 10.1. The largest absolute Gasteiger partial charge is 0.479 e. The summed E-state index contributed by atoms with van der Waals surface area (Å²) in [6.07, 6.45) is 1.84. The number of carbonyl (C=O) groups excluding carboxylic acids is 2. The first-order valence-electron chi connectivity index (χ1n) is 9.48. The van der Waals surface area contributed by atoms with E-state index in [4.69, 9.17) is 18.7 Å². The molecule has 1 aliphatic rings. The molecular formula is C23H18FNO6. The number of rotatable bonds is 6. The molecule has 0 N–H and O–H groups in total. The number of methoxy groups -OCH3 is 1. The molecular weight excluding hydrogens is 405 g/mol. The Morgan fingerprint density at radius 3 is 2.81 bits per heavy atom. The number of aromatic nitrogens is 1. The van der Waals surface area contributed by atoms with E-state index in [1.165, 1.54) is 25.3 Å². The highest BCUT2D eigenvalue weighted by Crippen LogP contribution is 2.39. The zero-order chi connectivity index (χ0) is 22.0. The Kier molecular flexibility index (Phi) is 5.53. The number of ether oxygens (including phenoxy) is 3. The molecule has 1 aliphatic heterocycles. The molecule has 0 saturated heterocycles. The number of Topliss-reactive ketones (excluding diaryl/α,β-unsaturated/α-hetero) is 1. The maximum atomic E-state index is 13.4. The summed E-state index contributed by atoms with van der Waals surface area (Å²) in [5, 5.41) is 3.68. The van der Waals surface area contributed by atoms with Gasteiger partial charge >= 0.3 is 5.97 Å². The number of benzene rings is 2. The van der Waals surface area contributed by atoms with E-state index < -0.39 is 11.8 Å². The predicted molar refractivity (Wildman–Crippen MR) is 108 cm³/mol. The minimum Gasteiger partial charge on any atom is -0.479 e. The maximum Gasteiger partial charge on any atom is 0.311 e. The molecule has 4 rings (SSSR count). The van der Waals surface area contributed by atoms with Gasteiger partial charge in [0.2, 0.25) is 5.78 Å². The molecule has 8 heteroatoms. The molecule has 2 aromatic carbocycles. The number of halogens is 1. The van der Waals surface area contributed by atoms with Gasteiger partial charge in [-0.1, -0.05) is 12.1 Å². The summed E-state index contributed by atoms with van der Waals surface area (Å²) in [5.74, 6) is 0.314. The van der Waals surface area contributed by atoms with E-state index in [-0.39, 0.29) is 18.0 Å². The molecule has 31 heavy (non-hydrogen) atoms. The molecule has 0 radical (unpaired) electrons. The van der Waals surface area contributed by atoms with Gasteiger partial charge in [0.15, 0.2) is 5.76 Å². The van der Waals surface area contributed by atoms with Crippen LogP contribution >= 0.6 is 0 Å². The van der Waals surface area contributed by atoms with Crippen molar-refractivity contribution < 1.29 is 32.7 Å². The molecule has 7 nitrogen and oxygen atoms in total. The Balaban J connectivity index is 1.47. The van der Waals surface area contributed by atoms with Gasteiger partial charge < -0.3 is 18.7 Å². The van der Waals surface area contributed by atoms with Gasteiger partial charge in [-0.25, -0.2) is 4.39 Å². The smallest absolute Gasteiger partial charge is 0.311 e. The van der Waals surface area contributed by atoms with Crippen molar-refractivity contribution in [1.82, 2.24) is 5.16 Å². The van der Waals surface area contributed by atoms with E-state index in [9.17, 15) is 14.0 Å². The lowest BCUT2D eigenvalue weighted by Crippen LogP contribution is -2.10. The van der Waals surface area contributed by atoms with E-state index in [1.807, 2.05) is 0 Å². The van der Waals surface area contributed by atoms with Gasteiger partial charge in [0.1, 0.15) is 23.1 Å². The van der Waals surface area contributed by atoms with Crippen molar-refractivity contribution in [1.29, 1.82) is 0 Å². The van der Waals surface area contributed by atoms with Crippen molar-refractivity contribution in [3.8, 4) is 17.4 Å². The Morgan fingerprint density at radius 2 is 2.06 bits per heavy atom. The Morgan fingerprint density at radius 1 is 1.23 bits per heavy atom. The quantitative estimate of drug-likeness (QED) is 0.332. The van der Waals surface area contributed by atoms with E-state index in [0.717, 1.165) is 0 Å². The molecule has 3 aromatic rings. The third-order valence-electron chi connectivity index (χ3n) is 4.73. The first kappa shape index (κ1) is 20.3. The average molecular weight is 423 g/mol. The summed E-state index contributed by atoms with van der Waals surface area (Å²) in [6.45, 7) is 1.70. The molecule has 1 aromatic heterocycles. The number of esters is 1. The summed E-state index contributed by atoms with van der Waals surface area (Å²) >= 11 is 0. The van der Waals surface area contributed by atoms with Crippen LogP contribution in [0.15, 0.2) is 52.7 Å². The zero-order valence-electron chi connectivity index (χ0n) is 16.8. The fourth-order valence-electron chi connectivity index (χ4n) is 3.13. The van der Waals surface area contributed by atoms with Crippen molar-refractivity contribution in [3.63, 3.8) is 0 Å². The molecule has 0 fully saturated rings. The summed E-state index contributed by atoms with van der Waals surface area (Å²) in [7, 11) is 1.47. The van der Waals surface area contributed by atoms with Crippen LogP contribution in [0.4, 0.5) is 4.39 Å². The lowest BCUT2D eigenvalue weighted by molar-refractivity contribution is -0.134. The van der Waals surface area contributed by atoms with Crippen LogP contribution < -0.4 is 14.2 Å². The number of hydrogen-bond acceptors (Lipinski definition) is 7. The molecule has 158 valence electrons. The van der Waals surface area contributed by atoms with Crippen LogP contribution in [0.25, 0.3) is 6.08 Å². The number of carbonyl (C=O) groups is 2. The third-order valence-corrected chi connectivity index (χ3v) is 4.73. The van der Waals surface area contributed by atoms with Gasteiger partial charge in [-0.3, -0.25) is 9.59 Å². The van der Waals surface area contributed by atoms with Crippen molar-refractivity contribution in [2.75, 3.05) is 7.11 Å². The Bertz CT molecular complexity index is 1200. The first-order chi connectivity index (χ1) is 14.9. The van der Waals surface area contributed by atoms with Crippen LogP contribution in [0.2, 0.25) is 0 Å². The predicted octanol–water partition coefficient (Wildman–Crippen LogP) is 4.29. The second kappa shape index (κ2) is 8.43. The monoisotopic (exact) mass is 423 g/mol. The van der Waals surface area contributed by atoms with E-state index in [0.29, 0.717) is 46.3 Å². The molecule has 0 unspecified atom stereocenters. The van der Waals surface area contributed by atoms with Crippen molar-refractivity contribution >= 4 is 17.8 Å². The molecule has 0 amide bonds. The minimum atomic E-state index is -0.474. The maximum absolute atomic E-state index is 13.4. The number of allylic oxidation sites excluding steroid dienone is 1. The number of nitrogens with zero attached hydrogens (tertiary/aromatic N) is 1. The van der Waals surface area contributed by atoms with E-state index in [2.05, 4.69) is 5.16 Å². The van der Waals surface area contributed by atoms with Gasteiger partial charge in [0, 0.05) is 18.1 Å². The normalized spacial score (nSPS) is 13.8. The van der Waals surface area contributed by atoms with Gasteiger partial charge in [-0.05, 0) is 48.0 Å². The molecule has 2 heterocycles. The van der Waals surface area contributed by atoms with Gasteiger partial charge in [0.05, 0.1) is 19.1 Å². The standard InChI is InChI=1S/C23H18FNO6/c1-13-18(29-21(26)9-6-16-12-20(28-2)25-31-16)8-7-17-22(27)19(30-23(13)17)11-14-4-3-5-15(24)10-14/h3-5,7-8,10-12H,6,9H2,1-2H3/b19-11-. The van der Waals surface area contributed by atoms with Crippen LogP contribution in [0.5, 0.6) is 17.4 Å². The van der Waals surface area contributed by atoms with Crippen molar-refractivity contribution in [2.24, 2.45) is 0 Å².